The van der Waals surface area contributed by atoms with Crippen molar-refractivity contribution in [3.8, 4) is 0 Å². The molecule has 128 valence electrons. The third kappa shape index (κ3) is 3.44. The van der Waals surface area contributed by atoms with Crippen LogP contribution in [-0.4, -0.2) is 27.3 Å². The second-order valence-corrected chi connectivity index (χ2v) is 9.46. The molecule has 2 saturated carbocycles. The van der Waals surface area contributed by atoms with Gasteiger partial charge in [0.1, 0.15) is 0 Å². The van der Waals surface area contributed by atoms with Crippen LogP contribution >= 0.6 is 24.0 Å². The van der Waals surface area contributed by atoms with Crippen LogP contribution in [0.15, 0.2) is 10.6 Å². The van der Waals surface area contributed by atoms with Crippen LogP contribution in [0, 0.1) is 0 Å². The zero-order valence-electron chi connectivity index (χ0n) is 14.2. The zero-order valence-corrected chi connectivity index (χ0v) is 15.8. The van der Waals surface area contributed by atoms with Gasteiger partial charge in [-0.25, -0.2) is 0 Å². The van der Waals surface area contributed by atoms with Crippen LogP contribution in [0.3, 0.4) is 0 Å². The number of hydrogen-bond donors (Lipinski definition) is 1. The molecule has 4 rings (SSSR count). The Hall–Kier alpha value is -0.220. The summed E-state index contributed by atoms with van der Waals surface area (Å²) in [6.45, 7) is 0. The molecule has 0 saturated heterocycles. The minimum absolute atomic E-state index is 0.625. The summed E-state index contributed by atoms with van der Waals surface area (Å²) in [7, 11) is 0. The van der Waals surface area contributed by atoms with E-state index in [4.69, 9.17) is 12.2 Å². The average molecular weight is 351 g/mol. The van der Waals surface area contributed by atoms with E-state index >= 15 is 0 Å². The molecule has 0 aromatic heterocycles. The van der Waals surface area contributed by atoms with Crippen LogP contribution in [-0.2, 0) is 0 Å². The van der Waals surface area contributed by atoms with Gasteiger partial charge in [0.15, 0.2) is 5.11 Å². The van der Waals surface area contributed by atoms with Crippen molar-refractivity contribution in [2.75, 3.05) is 0 Å². The molecule has 0 radical (unpaired) electrons. The maximum absolute atomic E-state index is 5.96. The standard InChI is InChI=1S/C19H30N2S2/c22-19(20-14-8-2-1-3-9-14)21-15-10-4-6-12-17(15)23-18-13-7-5-11-16(18)21/h14-15,17H,1-13H2,(H,20,22). The predicted octanol–water partition coefficient (Wildman–Crippen LogP) is 5.34. The quantitative estimate of drug-likeness (QED) is 0.642. The van der Waals surface area contributed by atoms with Crippen LogP contribution in [0.4, 0.5) is 0 Å². The molecule has 0 aromatic rings. The summed E-state index contributed by atoms with van der Waals surface area (Å²) in [6.07, 6.45) is 17.5. The summed E-state index contributed by atoms with van der Waals surface area (Å²) in [4.78, 5) is 4.28. The van der Waals surface area contributed by atoms with Crippen molar-refractivity contribution >= 4 is 29.1 Å². The fraction of sp³-hybridized carbons (Fsp3) is 0.842. The molecule has 4 heteroatoms. The Balaban J connectivity index is 1.55. The summed E-state index contributed by atoms with van der Waals surface area (Å²) in [6, 6.07) is 1.29. The normalized spacial score (nSPS) is 32.3. The minimum Gasteiger partial charge on any atom is -0.360 e. The lowest BCUT2D eigenvalue weighted by Gasteiger charge is -2.48. The van der Waals surface area contributed by atoms with Crippen LogP contribution in [0.2, 0.25) is 0 Å². The van der Waals surface area contributed by atoms with Gasteiger partial charge in [0.2, 0.25) is 0 Å². The first kappa shape index (κ1) is 16.3. The highest BCUT2D eigenvalue weighted by molar-refractivity contribution is 8.03. The van der Waals surface area contributed by atoms with Crippen LogP contribution in [0.1, 0.15) is 83.5 Å². The number of hydrogen-bond acceptors (Lipinski definition) is 2. The van der Waals surface area contributed by atoms with Gasteiger partial charge < -0.3 is 10.2 Å². The number of nitrogens with one attached hydrogen (secondary N) is 1. The van der Waals surface area contributed by atoms with E-state index in [2.05, 4.69) is 22.0 Å². The molecule has 3 aliphatic carbocycles. The maximum Gasteiger partial charge on any atom is 0.173 e. The van der Waals surface area contributed by atoms with Crippen LogP contribution in [0.5, 0.6) is 0 Å². The smallest absolute Gasteiger partial charge is 0.173 e. The van der Waals surface area contributed by atoms with Crippen molar-refractivity contribution in [2.24, 2.45) is 0 Å². The summed E-state index contributed by atoms with van der Waals surface area (Å²) < 4.78 is 0. The number of fused-ring (bicyclic) bond motifs is 1. The van der Waals surface area contributed by atoms with Crippen molar-refractivity contribution in [1.82, 2.24) is 10.2 Å². The lowest BCUT2D eigenvalue weighted by molar-refractivity contribution is 0.267. The van der Waals surface area contributed by atoms with Crippen molar-refractivity contribution in [1.29, 1.82) is 0 Å². The number of thiocarbonyl (C=S) groups is 1. The Morgan fingerprint density at radius 3 is 2.52 bits per heavy atom. The topological polar surface area (TPSA) is 15.3 Å². The molecular formula is C19H30N2S2. The molecule has 1 aliphatic heterocycles. The van der Waals surface area contributed by atoms with Gasteiger partial charge in [-0.1, -0.05) is 32.1 Å². The molecule has 2 unspecified atom stereocenters. The Bertz CT molecular complexity index is 482. The molecule has 4 aliphatic rings. The molecule has 0 bridgehead atoms. The number of rotatable bonds is 1. The fourth-order valence-corrected chi connectivity index (χ4v) is 6.98. The Morgan fingerprint density at radius 2 is 1.65 bits per heavy atom. The van der Waals surface area contributed by atoms with E-state index in [1.807, 2.05) is 0 Å². The molecule has 1 N–H and O–H groups in total. The first-order valence-electron chi connectivity index (χ1n) is 9.81. The van der Waals surface area contributed by atoms with Gasteiger partial charge in [0.25, 0.3) is 0 Å². The second-order valence-electron chi connectivity index (χ2n) is 7.74. The van der Waals surface area contributed by atoms with Gasteiger partial charge in [-0.05, 0) is 63.6 Å². The van der Waals surface area contributed by atoms with Crippen LogP contribution < -0.4 is 5.32 Å². The van der Waals surface area contributed by atoms with E-state index in [1.165, 1.54) is 83.5 Å². The maximum atomic E-state index is 5.96. The summed E-state index contributed by atoms with van der Waals surface area (Å²) in [5.41, 5.74) is 1.60. The molecule has 2 nitrogen and oxygen atoms in total. The van der Waals surface area contributed by atoms with Gasteiger partial charge >= 0.3 is 0 Å². The number of nitrogens with zero attached hydrogens (tertiary/aromatic N) is 1. The molecule has 0 amide bonds. The highest BCUT2D eigenvalue weighted by atomic mass is 32.2. The van der Waals surface area contributed by atoms with Crippen LogP contribution in [0.25, 0.3) is 0 Å². The predicted molar refractivity (Wildman–Crippen MR) is 104 cm³/mol. The molecule has 0 spiro atoms. The molecule has 2 atom stereocenters. The van der Waals surface area contributed by atoms with Gasteiger partial charge in [-0.3, -0.25) is 0 Å². The average Bonchev–Trinajstić information content (AvgIpc) is 2.60. The zero-order chi connectivity index (χ0) is 15.6. The first-order valence-corrected chi connectivity index (χ1v) is 11.1. The fourth-order valence-electron chi connectivity index (χ4n) is 4.90. The highest BCUT2D eigenvalue weighted by Gasteiger charge is 2.40. The minimum atomic E-state index is 0.625. The van der Waals surface area contributed by atoms with E-state index < -0.39 is 0 Å². The van der Waals surface area contributed by atoms with Gasteiger partial charge in [0, 0.05) is 27.9 Å². The van der Waals surface area contributed by atoms with E-state index in [9.17, 15) is 0 Å². The number of allylic oxidation sites excluding steroid dienone is 2. The summed E-state index contributed by atoms with van der Waals surface area (Å²) in [5.74, 6) is 0. The van der Waals surface area contributed by atoms with Crippen molar-refractivity contribution in [2.45, 2.75) is 101 Å². The molecular weight excluding hydrogens is 320 g/mol. The number of thioether (sulfide) groups is 1. The lowest BCUT2D eigenvalue weighted by atomic mass is 9.91. The van der Waals surface area contributed by atoms with Crippen molar-refractivity contribution < 1.29 is 0 Å². The van der Waals surface area contributed by atoms with E-state index in [-0.39, 0.29) is 0 Å². The van der Waals surface area contributed by atoms with E-state index in [0.29, 0.717) is 12.1 Å². The summed E-state index contributed by atoms with van der Waals surface area (Å²) in [5, 5.41) is 5.61. The van der Waals surface area contributed by atoms with Crippen molar-refractivity contribution in [3.63, 3.8) is 0 Å². The largest absolute Gasteiger partial charge is 0.360 e. The Kier molecular flexibility index (Phi) is 5.19. The third-order valence-electron chi connectivity index (χ3n) is 6.12. The lowest BCUT2D eigenvalue weighted by Crippen LogP contribution is -2.54. The summed E-state index contributed by atoms with van der Waals surface area (Å²) >= 11 is 8.18. The molecule has 0 aromatic carbocycles. The van der Waals surface area contributed by atoms with E-state index in [1.54, 1.807) is 10.6 Å². The Labute approximate surface area is 150 Å². The second kappa shape index (κ2) is 7.35. The van der Waals surface area contributed by atoms with Gasteiger partial charge in [0.05, 0.1) is 0 Å². The Morgan fingerprint density at radius 1 is 0.913 bits per heavy atom. The highest BCUT2D eigenvalue weighted by Crippen LogP contribution is 2.48. The molecule has 2 fully saturated rings. The van der Waals surface area contributed by atoms with Crippen molar-refractivity contribution in [3.05, 3.63) is 10.6 Å². The first-order chi connectivity index (χ1) is 11.3. The monoisotopic (exact) mass is 350 g/mol. The van der Waals surface area contributed by atoms with Gasteiger partial charge in [-0.15, -0.1) is 11.8 Å². The van der Waals surface area contributed by atoms with E-state index in [0.717, 1.165) is 10.4 Å². The SMILES string of the molecule is S=C(NC1CCCCC1)N1C2=C(CCCC2)SC2CCCCC21. The molecule has 1 heterocycles. The third-order valence-corrected chi connectivity index (χ3v) is 8.02. The van der Waals surface area contributed by atoms with Gasteiger partial charge in [-0.2, -0.15) is 0 Å². The molecule has 23 heavy (non-hydrogen) atoms.